The molecule has 0 aliphatic heterocycles. The van der Waals surface area contributed by atoms with Gasteiger partial charge in [-0.15, -0.1) is 0 Å². The highest BCUT2D eigenvalue weighted by Crippen LogP contribution is 2.23. The molecule has 2 aromatic carbocycles. The van der Waals surface area contributed by atoms with Gasteiger partial charge in [0.15, 0.2) is 0 Å². The maximum Gasteiger partial charge on any atom is 0.261 e. The molecule has 1 heterocycles. The first-order valence-electron chi connectivity index (χ1n) is 7.32. The van der Waals surface area contributed by atoms with Crippen LogP contribution in [-0.4, -0.2) is 17.0 Å². The van der Waals surface area contributed by atoms with Gasteiger partial charge in [-0.2, -0.15) is 0 Å². The van der Waals surface area contributed by atoms with Gasteiger partial charge in [-0.1, -0.05) is 47.6 Å². The molecule has 120 valence electrons. The Morgan fingerprint density at radius 3 is 2.42 bits per heavy atom. The molecule has 3 rings (SSSR count). The molecule has 0 aliphatic rings. The quantitative estimate of drug-likeness (QED) is 0.754. The van der Waals surface area contributed by atoms with Crippen LogP contribution in [0.25, 0.3) is 11.3 Å². The fourth-order valence-corrected chi connectivity index (χ4v) is 2.31. The Kier molecular flexibility index (Phi) is 4.38. The molecule has 2 amide bonds. The van der Waals surface area contributed by atoms with Crippen LogP contribution in [0.15, 0.2) is 65.4 Å². The lowest BCUT2D eigenvalue weighted by Gasteiger charge is -2.06. The van der Waals surface area contributed by atoms with E-state index in [1.165, 1.54) is 6.26 Å². The molecule has 6 heteroatoms. The van der Waals surface area contributed by atoms with Crippen LogP contribution in [-0.2, 0) is 11.2 Å². The lowest BCUT2D eigenvalue weighted by Crippen LogP contribution is -2.14. The van der Waals surface area contributed by atoms with Gasteiger partial charge >= 0.3 is 0 Å². The van der Waals surface area contributed by atoms with E-state index < -0.39 is 5.91 Å². The van der Waals surface area contributed by atoms with E-state index in [1.54, 1.807) is 24.3 Å². The zero-order valence-electron chi connectivity index (χ0n) is 12.7. The van der Waals surface area contributed by atoms with Crippen molar-refractivity contribution in [3.8, 4) is 11.3 Å². The normalized spacial score (nSPS) is 10.3. The van der Waals surface area contributed by atoms with E-state index in [9.17, 15) is 9.59 Å². The molecule has 0 unspecified atom stereocenters. The van der Waals surface area contributed by atoms with Crippen molar-refractivity contribution in [2.45, 2.75) is 6.42 Å². The maximum absolute atomic E-state index is 12.4. The van der Waals surface area contributed by atoms with Crippen LogP contribution in [0.4, 0.5) is 5.69 Å². The molecule has 24 heavy (non-hydrogen) atoms. The molecule has 0 spiro atoms. The second-order valence-electron chi connectivity index (χ2n) is 5.24. The molecular formula is C18H15N3O3. The van der Waals surface area contributed by atoms with Gasteiger partial charge in [0.2, 0.25) is 5.91 Å². The molecule has 3 aromatic rings. The van der Waals surface area contributed by atoms with Crippen LogP contribution >= 0.6 is 0 Å². The second kappa shape index (κ2) is 6.78. The largest absolute Gasteiger partial charge is 0.369 e. The van der Waals surface area contributed by atoms with E-state index >= 15 is 0 Å². The van der Waals surface area contributed by atoms with Crippen LogP contribution in [0.3, 0.4) is 0 Å². The molecule has 0 saturated heterocycles. The summed E-state index contributed by atoms with van der Waals surface area (Å²) in [7, 11) is 0. The highest BCUT2D eigenvalue weighted by Gasteiger charge is 2.17. The van der Waals surface area contributed by atoms with E-state index in [2.05, 4.69) is 10.5 Å². The monoisotopic (exact) mass is 321 g/mol. The predicted octanol–water partition coefficient (Wildman–Crippen LogP) is 2.62. The van der Waals surface area contributed by atoms with Crippen molar-refractivity contribution in [1.82, 2.24) is 5.16 Å². The Morgan fingerprint density at radius 1 is 1.04 bits per heavy atom. The summed E-state index contributed by atoms with van der Waals surface area (Å²) in [6.45, 7) is 0. The average Bonchev–Trinajstić information content (AvgIpc) is 3.07. The highest BCUT2D eigenvalue weighted by molar-refractivity contribution is 6.07. The van der Waals surface area contributed by atoms with Crippen LogP contribution in [0, 0.1) is 0 Å². The van der Waals surface area contributed by atoms with Crippen LogP contribution < -0.4 is 11.1 Å². The van der Waals surface area contributed by atoms with Crippen LogP contribution in [0.2, 0.25) is 0 Å². The molecular weight excluding hydrogens is 306 g/mol. The summed E-state index contributed by atoms with van der Waals surface area (Å²) in [4.78, 5) is 23.3. The number of hydrogen-bond donors (Lipinski definition) is 2. The number of carbonyl (C=O) groups is 2. The smallest absolute Gasteiger partial charge is 0.261 e. The minimum absolute atomic E-state index is 0.165. The minimum Gasteiger partial charge on any atom is -0.369 e. The van der Waals surface area contributed by atoms with Gasteiger partial charge in [0.25, 0.3) is 5.91 Å². The first-order valence-corrected chi connectivity index (χ1v) is 7.32. The third-order valence-electron chi connectivity index (χ3n) is 3.45. The number of nitrogens with one attached hydrogen (secondary N) is 1. The lowest BCUT2D eigenvalue weighted by molar-refractivity contribution is -0.117. The molecule has 0 aliphatic carbocycles. The zero-order valence-corrected chi connectivity index (χ0v) is 12.7. The van der Waals surface area contributed by atoms with Crippen molar-refractivity contribution in [1.29, 1.82) is 0 Å². The third kappa shape index (κ3) is 3.49. The summed E-state index contributed by atoms with van der Waals surface area (Å²) in [5.74, 6) is -0.721. The average molecular weight is 321 g/mol. The number of anilines is 1. The summed E-state index contributed by atoms with van der Waals surface area (Å²) in [6.07, 6.45) is 1.48. The summed E-state index contributed by atoms with van der Waals surface area (Å²) in [5, 5.41) is 6.69. The molecule has 0 fully saturated rings. The van der Waals surface area contributed by atoms with Gasteiger partial charge < -0.3 is 15.6 Å². The topological polar surface area (TPSA) is 98.2 Å². The van der Waals surface area contributed by atoms with Crippen molar-refractivity contribution in [2.75, 3.05) is 5.32 Å². The first-order chi connectivity index (χ1) is 11.6. The highest BCUT2D eigenvalue weighted by atomic mass is 16.5. The zero-order chi connectivity index (χ0) is 16.9. The van der Waals surface area contributed by atoms with Gasteiger partial charge in [0, 0.05) is 11.3 Å². The van der Waals surface area contributed by atoms with Crippen molar-refractivity contribution < 1.29 is 14.1 Å². The maximum atomic E-state index is 12.4. The summed E-state index contributed by atoms with van der Waals surface area (Å²) >= 11 is 0. The number of rotatable bonds is 5. The number of carbonyl (C=O) groups excluding carboxylic acids is 2. The molecule has 0 atom stereocenters. The SMILES string of the molecule is NC(=O)Cc1ccc(NC(=O)c2conc2-c2ccccc2)cc1. The molecule has 6 nitrogen and oxygen atoms in total. The number of benzene rings is 2. The summed E-state index contributed by atoms with van der Waals surface area (Å²) < 4.78 is 4.96. The Labute approximate surface area is 138 Å². The summed E-state index contributed by atoms with van der Waals surface area (Å²) in [5.41, 5.74) is 8.18. The Morgan fingerprint density at radius 2 is 1.75 bits per heavy atom. The van der Waals surface area contributed by atoms with Crippen molar-refractivity contribution in [3.63, 3.8) is 0 Å². The van der Waals surface area contributed by atoms with Gasteiger partial charge in [-0.3, -0.25) is 9.59 Å². The predicted molar refractivity (Wildman–Crippen MR) is 89.2 cm³/mol. The molecule has 1 aromatic heterocycles. The lowest BCUT2D eigenvalue weighted by atomic mass is 10.1. The van der Waals surface area contributed by atoms with E-state index in [4.69, 9.17) is 10.3 Å². The van der Waals surface area contributed by atoms with Crippen molar-refractivity contribution in [2.24, 2.45) is 5.73 Å². The Bertz CT molecular complexity index is 855. The molecule has 0 saturated carbocycles. The molecule has 3 N–H and O–H groups in total. The van der Waals surface area contributed by atoms with Gasteiger partial charge in [-0.05, 0) is 17.7 Å². The second-order valence-corrected chi connectivity index (χ2v) is 5.24. The Hall–Kier alpha value is -3.41. The number of amides is 2. The number of nitrogens with two attached hydrogens (primary N) is 1. The number of hydrogen-bond acceptors (Lipinski definition) is 4. The fourth-order valence-electron chi connectivity index (χ4n) is 2.31. The minimum atomic E-state index is -0.399. The number of aromatic nitrogens is 1. The molecule has 0 bridgehead atoms. The number of nitrogens with zero attached hydrogens (tertiary/aromatic N) is 1. The van der Waals surface area contributed by atoms with Crippen molar-refractivity contribution >= 4 is 17.5 Å². The van der Waals surface area contributed by atoms with E-state index in [0.717, 1.165) is 11.1 Å². The summed E-state index contributed by atoms with van der Waals surface area (Å²) in [6, 6.07) is 16.2. The van der Waals surface area contributed by atoms with Crippen LogP contribution in [0.5, 0.6) is 0 Å². The van der Waals surface area contributed by atoms with Crippen molar-refractivity contribution in [3.05, 3.63) is 72.0 Å². The standard InChI is InChI=1S/C18H15N3O3/c19-16(22)10-12-6-8-14(9-7-12)20-18(23)15-11-24-21-17(15)13-4-2-1-3-5-13/h1-9,11H,10H2,(H2,19,22)(H,20,23). The van der Waals surface area contributed by atoms with E-state index in [0.29, 0.717) is 16.9 Å². The first kappa shape index (κ1) is 15.5. The van der Waals surface area contributed by atoms with Gasteiger partial charge in [0.1, 0.15) is 17.5 Å². The van der Waals surface area contributed by atoms with Gasteiger partial charge in [0.05, 0.1) is 6.42 Å². The van der Waals surface area contributed by atoms with Crippen LogP contribution in [0.1, 0.15) is 15.9 Å². The van der Waals surface area contributed by atoms with E-state index in [1.807, 2.05) is 30.3 Å². The van der Waals surface area contributed by atoms with Gasteiger partial charge in [-0.25, -0.2) is 0 Å². The number of primary amides is 1. The van der Waals surface area contributed by atoms with E-state index in [-0.39, 0.29) is 12.3 Å². The fraction of sp³-hybridized carbons (Fsp3) is 0.0556. The Balaban J connectivity index is 1.76. The third-order valence-corrected chi connectivity index (χ3v) is 3.45. The molecule has 0 radical (unpaired) electrons.